The van der Waals surface area contributed by atoms with Crippen molar-refractivity contribution in [1.82, 2.24) is 88.6 Å². The summed E-state index contributed by atoms with van der Waals surface area (Å²) in [6, 6.07) is 34.4. The van der Waals surface area contributed by atoms with Crippen LogP contribution in [0.2, 0.25) is 0 Å². The van der Waals surface area contributed by atoms with E-state index in [1.54, 1.807) is 58.4 Å². The second-order valence-electron chi connectivity index (χ2n) is 33.7. The summed E-state index contributed by atoms with van der Waals surface area (Å²) in [4.78, 5) is 92.1. The predicted molar refractivity (Wildman–Crippen MR) is 510 cm³/mol. The summed E-state index contributed by atoms with van der Waals surface area (Å²) >= 11 is 0. The maximum Gasteiger partial charge on any atom is 0.336 e. The third kappa shape index (κ3) is 23.5. The minimum atomic E-state index is -1.05. The summed E-state index contributed by atoms with van der Waals surface area (Å²) < 4.78 is 52.2. The van der Waals surface area contributed by atoms with Crippen molar-refractivity contribution in [2.45, 2.75) is 149 Å². The number of carboxylic acids is 6. The number of aromatic carboxylic acids is 6. The molecule has 0 atom stereocenters. The molecule has 1 fully saturated rings. The molecule has 0 bridgehead atoms. The number of carboxylic acid groups (broad SMARTS) is 6. The Balaban J connectivity index is 0.000000133. The minimum Gasteiger partial charge on any atom is -0.478 e. The van der Waals surface area contributed by atoms with Crippen LogP contribution in [0.4, 0.5) is 13.2 Å². The second kappa shape index (κ2) is 45.1. The van der Waals surface area contributed by atoms with Gasteiger partial charge in [-0.25, -0.2) is 41.9 Å². The van der Waals surface area contributed by atoms with Crippen LogP contribution in [0.5, 0.6) is 0 Å². The van der Waals surface area contributed by atoms with E-state index < -0.39 is 41.6 Å². The first-order chi connectivity index (χ1) is 66.6. The van der Waals surface area contributed by atoms with Gasteiger partial charge in [-0.3, -0.25) is 58.0 Å². The molecule has 12 aromatic heterocycles. The average molecular weight is 1870 g/mol. The van der Waals surface area contributed by atoms with E-state index in [1.807, 2.05) is 77.1 Å². The predicted octanol–water partition coefficient (Wildman–Crippen LogP) is 17.1. The number of hydrogen-bond acceptors (Lipinski definition) is 19. The van der Waals surface area contributed by atoms with Crippen molar-refractivity contribution in [3.05, 3.63) is 343 Å². The number of nitrogens with zero attached hydrogens (tertiary/aromatic N) is 18. The molecule has 0 amide bonds. The van der Waals surface area contributed by atoms with Crippen LogP contribution >= 0.6 is 0 Å². The first-order valence-corrected chi connectivity index (χ1v) is 45.0. The van der Waals surface area contributed by atoms with Crippen molar-refractivity contribution >= 4 is 90.3 Å². The number of pyridine rings is 6. The summed E-state index contributed by atoms with van der Waals surface area (Å²) in [5, 5.41) is 96.3. The summed E-state index contributed by atoms with van der Waals surface area (Å²) in [6.45, 7) is 5.93. The first-order valence-electron chi connectivity index (χ1n) is 45.0. The Kier molecular flexibility index (Phi) is 32.0. The molecule has 17 aromatic rings. The molecule has 0 aliphatic heterocycles. The maximum absolute atomic E-state index is 13.9. The van der Waals surface area contributed by atoms with Crippen LogP contribution in [-0.4, -0.2) is 167 Å². The number of aliphatic hydroxyl groups is 1. The van der Waals surface area contributed by atoms with Crippen LogP contribution in [0, 0.1) is 42.6 Å². The van der Waals surface area contributed by atoms with Crippen molar-refractivity contribution in [2.75, 3.05) is 6.61 Å². The lowest BCUT2D eigenvalue weighted by Crippen LogP contribution is -2.15. The average Bonchev–Trinajstić information content (AvgIpc) is 1.66. The van der Waals surface area contributed by atoms with Crippen LogP contribution in [-0.2, 0) is 92.1 Å². The Morgan fingerprint density at radius 3 is 1.09 bits per heavy atom. The van der Waals surface area contributed by atoms with Gasteiger partial charge in [-0.05, 0) is 218 Å². The fraction of sp³-hybridized carbons (Fsp3) is 0.269. The highest BCUT2D eigenvalue weighted by Gasteiger charge is 2.26. The number of unbranched alkanes of at least 4 members (excludes halogenated alkanes) is 2. The lowest BCUT2D eigenvalue weighted by atomic mass is 9.89. The molecule has 12 heterocycles. The van der Waals surface area contributed by atoms with E-state index in [1.165, 1.54) is 173 Å². The van der Waals surface area contributed by atoms with Gasteiger partial charge in [-0.2, -0.15) is 30.6 Å². The standard InChI is InChI=1S/C21H22FN3O2.C19H20FN3O2.C17H13N3O2.C16H14FN3O3.C16H15N3O2.C15H17N3O2/c22-16-6-7-20-18(11-16)19(10-15-12-23-9-8-17(15)21(26)27)24-25(20)13-14-4-2-1-3-5-14;1-2-3-4-9-23-18-6-5-14(20)11-16(18)17(22-23)10-13-12-21-8-7-15(13)19(24)25;1-3-11-4-5-16-14(8-11)15(19-20(16)2)9-12-10-18-7-6-13(12)17(21)22;17-11-1-2-15-13(8-11)14(19-20(15)5-6-21)7-10-9-18-4-3-12(10)16(22)23;1-10-3-4-15-13(7-10)14(18-19(15)2)8-11-9-17-6-5-12(11)16(20)21;1-18-14-5-3-2-4-12(14)13(17-18)8-10-9-16-7-6-11(10)15(19)20/h6-9,11-12,14H,1-5,10,13H2,(H,26,27);5-8,11-12H,2-4,9-10H2,1H3,(H,24,25);1,4-8,10H,9H2,2H3,(H,21,22);1-4,8-9,21H,5-7H2,(H,22,23);3-7,9H,8H2,1-2H3,(H,20,21);6-7,9H,2-5,8H2,1H3,(H,19,20). The number of aliphatic hydroxyl groups excluding tert-OH is 1. The summed E-state index contributed by atoms with van der Waals surface area (Å²) in [7, 11) is 5.71. The van der Waals surface area contributed by atoms with Crippen molar-refractivity contribution in [1.29, 1.82) is 0 Å². The topological polar surface area (TPSA) is 428 Å². The molecule has 34 heteroatoms. The Labute approximate surface area is 790 Å². The lowest BCUT2D eigenvalue weighted by molar-refractivity contribution is 0.0684. The molecule has 31 nitrogen and oxygen atoms in total. The minimum absolute atomic E-state index is 0.0964. The summed E-state index contributed by atoms with van der Waals surface area (Å²) in [5.41, 5.74) is 18.6. The number of aryl methyl sites for hydroxylation is 5. The molecule has 1 saturated carbocycles. The number of hydrogen-bond donors (Lipinski definition) is 7. The summed E-state index contributed by atoms with van der Waals surface area (Å²) in [5.74, 6) is -3.71. The highest BCUT2D eigenvalue weighted by molar-refractivity contribution is 5.94. The van der Waals surface area contributed by atoms with Crippen LogP contribution < -0.4 is 0 Å². The molecule has 138 heavy (non-hydrogen) atoms. The van der Waals surface area contributed by atoms with Crippen LogP contribution in [0.25, 0.3) is 54.5 Å². The SMILES string of the molecule is C#Cc1ccc2c(c1)c(Cc1cnccc1C(=O)O)nn2C.CCCCCn1nc(Cc2cnccc2C(=O)O)c2cc(F)ccc21.Cc1ccc2c(c1)c(Cc1cnccc1C(=O)O)nn2C.Cn1nc(Cc2cnccc2C(=O)O)c2c1CCCC2.O=C(O)c1ccncc1Cc1nn(CC2CCCCC2)c2ccc(F)cc12.O=C(O)c1ccncc1Cc1nn(CCO)c2ccc(F)cc12. The normalized spacial score (nSPS) is 12.2. The van der Waals surface area contributed by atoms with Gasteiger partial charge in [0.1, 0.15) is 17.5 Å². The van der Waals surface area contributed by atoms with Gasteiger partial charge in [0.05, 0.1) is 108 Å². The molecule has 0 saturated heterocycles. The fourth-order valence-corrected chi connectivity index (χ4v) is 17.6. The second-order valence-corrected chi connectivity index (χ2v) is 33.7. The molecule has 2 aliphatic carbocycles. The van der Waals surface area contributed by atoms with E-state index in [4.69, 9.17) is 16.6 Å². The van der Waals surface area contributed by atoms with E-state index in [0.29, 0.717) is 99.4 Å². The zero-order valence-electron chi connectivity index (χ0n) is 76.5. The highest BCUT2D eigenvalue weighted by Crippen LogP contribution is 2.34. The fourth-order valence-electron chi connectivity index (χ4n) is 17.6. The Morgan fingerprint density at radius 2 is 0.710 bits per heavy atom. The van der Waals surface area contributed by atoms with Crippen LogP contribution in [0.3, 0.4) is 0 Å². The zero-order valence-corrected chi connectivity index (χ0v) is 76.5. The summed E-state index contributed by atoms with van der Waals surface area (Å²) in [6.07, 6.45) is 39.7. The molecule has 2 aliphatic rings. The first kappa shape index (κ1) is 97.7. The molecule has 5 aromatic carbocycles. The zero-order chi connectivity index (χ0) is 97.8. The monoisotopic (exact) mass is 1870 g/mol. The van der Waals surface area contributed by atoms with E-state index in [0.717, 1.165) is 123 Å². The van der Waals surface area contributed by atoms with Crippen LogP contribution in [0.1, 0.15) is 223 Å². The van der Waals surface area contributed by atoms with Gasteiger partial charge < -0.3 is 35.7 Å². The highest BCUT2D eigenvalue weighted by atomic mass is 19.1. The Bertz CT molecular complexity index is 7410. The third-order valence-corrected chi connectivity index (χ3v) is 24.4. The van der Waals surface area contributed by atoms with E-state index >= 15 is 0 Å². The molecule has 706 valence electrons. The smallest absolute Gasteiger partial charge is 0.336 e. The molecule has 19 rings (SSSR count). The Hall–Kier alpha value is -16.3. The Morgan fingerprint density at radius 1 is 0.377 bits per heavy atom. The van der Waals surface area contributed by atoms with Gasteiger partial charge in [0.15, 0.2) is 0 Å². The number of rotatable bonds is 26. The largest absolute Gasteiger partial charge is 0.478 e. The number of benzene rings is 5. The van der Waals surface area contributed by atoms with E-state index in [9.17, 15) is 72.6 Å². The number of fused-ring (bicyclic) bond motifs is 6. The van der Waals surface area contributed by atoms with E-state index in [2.05, 4.69) is 74.3 Å². The third-order valence-electron chi connectivity index (χ3n) is 24.4. The lowest BCUT2D eigenvalue weighted by Gasteiger charge is -2.21. The molecule has 0 unspecified atom stereocenters. The number of aromatic nitrogens is 18. The van der Waals surface area contributed by atoms with Gasteiger partial charge in [0.25, 0.3) is 0 Å². The molecule has 0 spiro atoms. The van der Waals surface area contributed by atoms with Crippen molar-refractivity contribution < 1.29 is 77.7 Å². The van der Waals surface area contributed by atoms with Gasteiger partial charge in [0.2, 0.25) is 0 Å². The molecule has 7 N–H and O–H groups in total. The van der Waals surface area contributed by atoms with Crippen molar-refractivity contribution in [2.24, 2.45) is 27.1 Å². The molecule has 0 radical (unpaired) electrons. The maximum atomic E-state index is 13.9. The molecular formula is C104H101F3N18O13. The number of terminal acetylenes is 1. The molecular weight excluding hydrogens is 1770 g/mol. The quantitative estimate of drug-likeness (QED) is 0.0195. The van der Waals surface area contributed by atoms with Gasteiger partial charge in [-0.1, -0.05) is 56.6 Å². The number of halogens is 3. The van der Waals surface area contributed by atoms with Gasteiger partial charge in [0, 0.05) is 185 Å². The number of carbonyl (C=O) groups is 6. The van der Waals surface area contributed by atoms with Crippen LogP contribution in [0.15, 0.2) is 202 Å². The van der Waals surface area contributed by atoms with Crippen molar-refractivity contribution in [3.63, 3.8) is 0 Å². The van der Waals surface area contributed by atoms with Gasteiger partial charge >= 0.3 is 35.8 Å². The van der Waals surface area contributed by atoms with Crippen molar-refractivity contribution in [3.8, 4) is 12.3 Å². The van der Waals surface area contributed by atoms with E-state index in [-0.39, 0.29) is 59.0 Å². The van der Waals surface area contributed by atoms with Gasteiger partial charge in [-0.15, -0.1) is 6.42 Å².